The van der Waals surface area contributed by atoms with Crippen LogP contribution in [0.5, 0.6) is 11.5 Å². The average molecular weight is 339 g/mol. The number of hydrogen-bond acceptors (Lipinski definition) is 5. The topological polar surface area (TPSA) is 98.3 Å². The number of aromatic nitrogens is 2. The summed E-state index contributed by atoms with van der Waals surface area (Å²) in [4.78, 5) is 19.3. The zero-order valence-electron chi connectivity index (χ0n) is 13.0. The van der Waals surface area contributed by atoms with Gasteiger partial charge >= 0.3 is 0 Å². The molecule has 25 heavy (non-hydrogen) atoms. The second-order valence-electron chi connectivity index (χ2n) is 5.19. The van der Waals surface area contributed by atoms with E-state index in [9.17, 15) is 14.3 Å². The number of carbonyl (C=O) groups is 1. The van der Waals surface area contributed by atoms with Gasteiger partial charge in [-0.25, -0.2) is 14.4 Å². The first-order chi connectivity index (χ1) is 12.0. The van der Waals surface area contributed by atoms with Gasteiger partial charge in [0.25, 0.3) is 5.91 Å². The molecule has 1 unspecified atom stereocenters. The largest absolute Gasteiger partial charge is 0.457 e. The van der Waals surface area contributed by atoms with Crippen LogP contribution in [0.4, 0.5) is 4.39 Å². The van der Waals surface area contributed by atoms with Gasteiger partial charge in [-0.15, -0.1) is 0 Å². The fourth-order valence-corrected chi connectivity index (χ4v) is 2.12. The average Bonchev–Trinajstić information content (AvgIpc) is 2.63. The minimum absolute atomic E-state index is 0.129. The van der Waals surface area contributed by atoms with Crippen molar-refractivity contribution in [3.05, 3.63) is 72.3 Å². The van der Waals surface area contributed by atoms with E-state index >= 15 is 0 Å². The number of rotatable bonds is 5. The van der Waals surface area contributed by atoms with Gasteiger partial charge in [0.15, 0.2) is 11.9 Å². The highest BCUT2D eigenvalue weighted by atomic mass is 19.1. The Morgan fingerprint density at radius 3 is 2.24 bits per heavy atom. The van der Waals surface area contributed by atoms with Gasteiger partial charge in [0.2, 0.25) is 0 Å². The highest BCUT2D eigenvalue weighted by Gasteiger charge is 2.16. The highest BCUT2D eigenvalue weighted by molar-refractivity contribution is 5.79. The highest BCUT2D eigenvalue weighted by Crippen LogP contribution is 2.25. The van der Waals surface area contributed by atoms with Crippen molar-refractivity contribution in [2.24, 2.45) is 5.73 Å². The maximum atomic E-state index is 12.9. The summed E-state index contributed by atoms with van der Waals surface area (Å²) in [6.07, 6.45) is -0.0462. The number of aliphatic hydroxyl groups excluding tert-OH is 1. The fourth-order valence-electron chi connectivity index (χ4n) is 2.12. The number of amides is 1. The van der Waals surface area contributed by atoms with Crippen molar-refractivity contribution in [3.8, 4) is 22.9 Å². The van der Waals surface area contributed by atoms with Gasteiger partial charge in [-0.05, 0) is 54.6 Å². The second-order valence-corrected chi connectivity index (χ2v) is 5.19. The number of primary amides is 1. The number of nitrogens with zero attached hydrogens (tertiary/aromatic N) is 2. The first kappa shape index (κ1) is 16.5. The summed E-state index contributed by atoms with van der Waals surface area (Å²) < 4.78 is 18.5. The van der Waals surface area contributed by atoms with Crippen LogP contribution in [-0.2, 0) is 4.79 Å². The van der Waals surface area contributed by atoms with Gasteiger partial charge in [0, 0.05) is 11.8 Å². The molecule has 0 aliphatic heterocycles. The molecule has 0 fully saturated rings. The molecule has 0 aliphatic carbocycles. The lowest BCUT2D eigenvalue weighted by atomic mass is 10.2. The summed E-state index contributed by atoms with van der Waals surface area (Å²) in [7, 11) is 0. The summed E-state index contributed by atoms with van der Waals surface area (Å²) in [5.74, 6) is 0.192. The quantitative estimate of drug-likeness (QED) is 0.744. The van der Waals surface area contributed by atoms with E-state index in [1.165, 1.54) is 36.5 Å². The maximum absolute atomic E-state index is 12.9. The minimum Gasteiger partial charge on any atom is -0.457 e. The van der Waals surface area contributed by atoms with Gasteiger partial charge in [0.1, 0.15) is 17.3 Å². The Morgan fingerprint density at radius 2 is 1.64 bits per heavy atom. The van der Waals surface area contributed by atoms with Crippen LogP contribution >= 0.6 is 0 Å². The number of hydrogen-bond donors (Lipinski definition) is 2. The van der Waals surface area contributed by atoms with Gasteiger partial charge < -0.3 is 15.6 Å². The smallest absolute Gasteiger partial charge is 0.252 e. The molecule has 1 aromatic heterocycles. The minimum atomic E-state index is -1.48. The van der Waals surface area contributed by atoms with E-state index in [1.54, 1.807) is 24.3 Å². The van der Waals surface area contributed by atoms with E-state index in [4.69, 9.17) is 10.5 Å². The van der Waals surface area contributed by atoms with Crippen LogP contribution in [-0.4, -0.2) is 21.0 Å². The lowest BCUT2D eigenvalue weighted by Crippen LogP contribution is -2.21. The van der Waals surface area contributed by atoms with Gasteiger partial charge in [0.05, 0.1) is 5.69 Å². The predicted octanol–water partition coefficient (Wildman–Crippen LogP) is 2.59. The maximum Gasteiger partial charge on any atom is 0.252 e. The van der Waals surface area contributed by atoms with Gasteiger partial charge in [-0.2, -0.15) is 0 Å². The predicted molar refractivity (Wildman–Crippen MR) is 88.1 cm³/mol. The number of carbonyl (C=O) groups excluding carboxylic acids is 1. The summed E-state index contributed by atoms with van der Waals surface area (Å²) in [6, 6.07) is 14.0. The Kier molecular flexibility index (Phi) is 4.67. The van der Waals surface area contributed by atoms with Crippen molar-refractivity contribution >= 4 is 5.91 Å². The first-order valence-corrected chi connectivity index (χ1v) is 7.37. The molecule has 1 atom stereocenters. The standard InChI is InChI=1S/C18H14FN3O3/c19-12-3-7-14(8-4-12)25-13-5-1-11(2-6-13)18-21-10-9-15(22-18)16(23)17(20)24/h1-10,16,23H,(H2,20,24). The number of benzene rings is 2. The van der Waals surface area contributed by atoms with Gasteiger partial charge in [-0.1, -0.05) is 0 Å². The Balaban J connectivity index is 1.79. The van der Waals surface area contributed by atoms with Crippen LogP contribution in [0.15, 0.2) is 60.8 Å². The molecular weight excluding hydrogens is 325 g/mol. The molecule has 0 radical (unpaired) electrons. The van der Waals surface area contributed by atoms with E-state index in [2.05, 4.69) is 9.97 Å². The molecule has 1 amide bonds. The Hall–Kier alpha value is -3.32. The molecule has 3 aromatic rings. The molecule has 0 saturated carbocycles. The number of halogens is 1. The van der Waals surface area contributed by atoms with Crippen LogP contribution < -0.4 is 10.5 Å². The fraction of sp³-hybridized carbons (Fsp3) is 0.0556. The van der Waals surface area contributed by atoms with Crippen molar-refractivity contribution in [1.29, 1.82) is 0 Å². The molecule has 0 spiro atoms. The zero-order valence-corrected chi connectivity index (χ0v) is 13.0. The van der Waals surface area contributed by atoms with Crippen molar-refractivity contribution in [3.63, 3.8) is 0 Å². The van der Waals surface area contributed by atoms with Crippen LogP contribution in [0.3, 0.4) is 0 Å². The second kappa shape index (κ2) is 7.06. The van der Waals surface area contributed by atoms with E-state index < -0.39 is 12.0 Å². The third-order valence-electron chi connectivity index (χ3n) is 3.39. The van der Waals surface area contributed by atoms with E-state index in [0.717, 1.165) is 0 Å². The van der Waals surface area contributed by atoms with Crippen molar-refractivity contribution in [2.45, 2.75) is 6.10 Å². The van der Waals surface area contributed by atoms with E-state index in [-0.39, 0.29) is 11.5 Å². The molecule has 126 valence electrons. The molecule has 2 aromatic carbocycles. The lowest BCUT2D eigenvalue weighted by Gasteiger charge is -2.08. The Bertz CT molecular complexity index is 883. The third kappa shape index (κ3) is 3.96. The molecule has 3 rings (SSSR count). The number of aliphatic hydroxyl groups is 1. The third-order valence-corrected chi connectivity index (χ3v) is 3.39. The molecule has 0 bridgehead atoms. The van der Waals surface area contributed by atoms with Crippen molar-refractivity contribution in [1.82, 2.24) is 9.97 Å². The molecule has 6 nitrogen and oxygen atoms in total. The first-order valence-electron chi connectivity index (χ1n) is 7.37. The molecule has 7 heteroatoms. The monoisotopic (exact) mass is 339 g/mol. The van der Waals surface area contributed by atoms with E-state index in [0.29, 0.717) is 22.9 Å². The zero-order chi connectivity index (χ0) is 17.8. The Morgan fingerprint density at radius 1 is 1.04 bits per heavy atom. The van der Waals surface area contributed by atoms with Crippen molar-refractivity contribution < 1.29 is 19.0 Å². The summed E-state index contributed by atoms with van der Waals surface area (Å²) in [5, 5.41) is 9.69. The molecule has 0 aliphatic rings. The number of nitrogens with two attached hydrogens (primary N) is 1. The molecular formula is C18H14FN3O3. The summed E-state index contributed by atoms with van der Waals surface area (Å²) in [5.41, 5.74) is 5.87. The van der Waals surface area contributed by atoms with Crippen LogP contribution in [0.1, 0.15) is 11.8 Å². The van der Waals surface area contributed by atoms with Crippen LogP contribution in [0.25, 0.3) is 11.4 Å². The molecule has 3 N–H and O–H groups in total. The van der Waals surface area contributed by atoms with E-state index in [1.807, 2.05) is 0 Å². The number of ether oxygens (including phenoxy) is 1. The van der Waals surface area contributed by atoms with Crippen LogP contribution in [0, 0.1) is 5.82 Å². The summed E-state index contributed by atoms with van der Waals surface area (Å²) >= 11 is 0. The lowest BCUT2D eigenvalue weighted by molar-refractivity contribution is -0.126. The SMILES string of the molecule is NC(=O)C(O)c1ccnc(-c2ccc(Oc3ccc(F)cc3)cc2)n1. The van der Waals surface area contributed by atoms with Gasteiger partial charge in [-0.3, -0.25) is 4.79 Å². The molecule has 1 heterocycles. The van der Waals surface area contributed by atoms with Crippen LogP contribution in [0.2, 0.25) is 0 Å². The molecule has 0 saturated heterocycles. The normalized spacial score (nSPS) is 11.8. The summed E-state index contributed by atoms with van der Waals surface area (Å²) in [6.45, 7) is 0. The van der Waals surface area contributed by atoms with Crippen molar-refractivity contribution in [2.75, 3.05) is 0 Å². The Labute approximate surface area is 142 Å².